The van der Waals surface area contributed by atoms with Crippen LogP contribution in [0.5, 0.6) is 5.75 Å². The Hall–Kier alpha value is -1.35. The average molecular weight is 217 g/mol. The molecule has 84 valence electrons. The molecule has 0 atom stereocenters. The number of ketones is 1. The third-order valence-corrected chi connectivity index (χ3v) is 3.40. The molecule has 0 N–H and O–H groups in total. The fraction of sp³-hybridized carbons (Fsp3) is 0.462. The van der Waals surface area contributed by atoms with E-state index < -0.39 is 0 Å². The van der Waals surface area contributed by atoms with Gasteiger partial charge >= 0.3 is 0 Å². The van der Waals surface area contributed by atoms with Gasteiger partial charge in [0.2, 0.25) is 0 Å². The molecule has 1 saturated carbocycles. The summed E-state index contributed by atoms with van der Waals surface area (Å²) in [5, 5.41) is 0. The molecule has 0 saturated heterocycles. The van der Waals surface area contributed by atoms with Gasteiger partial charge < -0.3 is 4.74 Å². The fourth-order valence-electron chi connectivity index (χ4n) is 2.32. The summed E-state index contributed by atoms with van der Waals surface area (Å²) in [5.41, 5.74) is 1.99. The number of hydrogen-bond donors (Lipinski definition) is 0. The van der Waals surface area contributed by atoms with Gasteiger partial charge in [-0.05, 0) is 30.5 Å². The molecular formula is C13H15NO2. The van der Waals surface area contributed by atoms with E-state index in [2.05, 4.69) is 4.90 Å². The van der Waals surface area contributed by atoms with Gasteiger partial charge in [0.15, 0.2) is 5.78 Å². The molecule has 1 aromatic rings. The summed E-state index contributed by atoms with van der Waals surface area (Å²) < 4.78 is 5.15. The molecule has 0 bridgehead atoms. The van der Waals surface area contributed by atoms with Crippen LogP contribution in [0.2, 0.25) is 0 Å². The molecule has 0 amide bonds. The molecule has 0 spiro atoms. The maximum Gasteiger partial charge on any atom is 0.177 e. The smallest absolute Gasteiger partial charge is 0.177 e. The van der Waals surface area contributed by atoms with E-state index in [0.717, 1.165) is 23.4 Å². The van der Waals surface area contributed by atoms with Crippen LogP contribution >= 0.6 is 0 Å². The lowest BCUT2D eigenvalue weighted by atomic mass is 9.98. The number of nitrogens with zero attached hydrogens (tertiary/aromatic N) is 1. The zero-order chi connectivity index (χ0) is 11.1. The summed E-state index contributed by atoms with van der Waals surface area (Å²) in [7, 11) is 1.63. The van der Waals surface area contributed by atoms with Gasteiger partial charge in [0, 0.05) is 18.2 Å². The van der Waals surface area contributed by atoms with Gasteiger partial charge in [0.1, 0.15) is 5.75 Å². The van der Waals surface area contributed by atoms with Crippen LogP contribution in [0.4, 0.5) is 0 Å². The Bertz CT molecular complexity index is 438. The topological polar surface area (TPSA) is 29.5 Å². The van der Waals surface area contributed by atoms with Crippen LogP contribution in [0.15, 0.2) is 18.2 Å². The Morgan fingerprint density at radius 3 is 2.81 bits per heavy atom. The maximum absolute atomic E-state index is 12.0. The van der Waals surface area contributed by atoms with Crippen LogP contribution in [-0.2, 0) is 6.54 Å². The number of hydrogen-bond acceptors (Lipinski definition) is 3. The minimum Gasteiger partial charge on any atom is -0.497 e. The Morgan fingerprint density at radius 2 is 2.12 bits per heavy atom. The number of Topliss-reactive ketones (excluding diaryl/α,β-unsaturated/α-hetero) is 1. The number of rotatable bonds is 2. The molecule has 1 fully saturated rings. The second kappa shape index (κ2) is 3.59. The fourth-order valence-corrected chi connectivity index (χ4v) is 2.32. The molecule has 3 nitrogen and oxygen atoms in total. The summed E-state index contributed by atoms with van der Waals surface area (Å²) in [6, 6.07) is 6.46. The van der Waals surface area contributed by atoms with E-state index in [1.54, 1.807) is 7.11 Å². The molecule has 1 aromatic carbocycles. The van der Waals surface area contributed by atoms with E-state index in [1.165, 1.54) is 12.8 Å². The number of fused-ring (bicyclic) bond motifs is 1. The molecule has 2 aliphatic rings. The predicted octanol–water partition coefficient (Wildman–Crippen LogP) is 1.86. The Morgan fingerprint density at radius 1 is 1.31 bits per heavy atom. The van der Waals surface area contributed by atoms with E-state index in [4.69, 9.17) is 4.74 Å². The van der Waals surface area contributed by atoms with Gasteiger partial charge in [-0.1, -0.05) is 6.07 Å². The first-order valence-corrected chi connectivity index (χ1v) is 5.72. The molecule has 1 aliphatic carbocycles. The van der Waals surface area contributed by atoms with Crippen LogP contribution in [0.1, 0.15) is 28.8 Å². The highest BCUT2D eigenvalue weighted by molar-refractivity contribution is 6.00. The lowest BCUT2D eigenvalue weighted by Gasteiger charge is -2.27. The molecular weight excluding hydrogens is 202 g/mol. The summed E-state index contributed by atoms with van der Waals surface area (Å²) in [4.78, 5) is 14.3. The summed E-state index contributed by atoms with van der Waals surface area (Å²) in [6.45, 7) is 1.49. The van der Waals surface area contributed by atoms with Gasteiger partial charge in [-0.25, -0.2) is 0 Å². The first-order valence-electron chi connectivity index (χ1n) is 5.72. The molecule has 1 heterocycles. The van der Waals surface area contributed by atoms with Crippen molar-refractivity contribution in [2.45, 2.75) is 25.4 Å². The van der Waals surface area contributed by atoms with Gasteiger partial charge in [-0.15, -0.1) is 0 Å². The van der Waals surface area contributed by atoms with Crippen LogP contribution in [0, 0.1) is 0 Å². The second-order valence-corrected chi connectivity index (χ2v) is 4.58. The largest absolute Gasteiger partial charge is 0.497 e. The Kier molecular flexibility index (Phi) is 2.21. The lowest BCUT2D eigenvalue weighted by Crippen LogP contribution is -2.36. The first-order chi connectivity index (χ1) is 7.78. The van der Waals surface area contributed by atoms with Crippen molar-refractivity contribution in [2.75, 3.05) is 13.7 Å². The second-order valence-electron chi connectivity index (χ2n) is 4.58. The maximum atomic E-state index is 12.0. The average Bonchev–Trinajstić information content (AvgIpc) is 3.12. The van der Waals surface area contributed by atoms with E-state index in [0.29, 0.717) is 12.6 Å². The summed E-state index contributed by atoms with van der Waals surface area (Å²) >= 11 is 0. The van der Waals surface area contributed by atoms with Crippen molar-refractivity contribution in [3.8, 4) is 5.75 Å². The number of carbonyl (C=O) groups is 1. The number of benzene rings is 1. The van der Waals surface area contributed by atoms with Crippen molar-refractivity contribution in [2.24, 2.45) is 0 Å². The van der Waals surface area contributed by atoms with Crippen LogP contribution in [0.25, 0.3) is 0 Å². The standard InChI is InChI=1S/C13H15NO2/c1-16-11-5-2-9-7-14(10-3-4-10)8-13(15)12(9)6-11/h2,5-6,10H,3-4,7-8H2,1H3. The van der Waals surface area contributed by atoms with Crippen LogP contribution in [0.3, 0.4) is 0 Å². The van der Waals surface area contributed by atoms with Gasteiger partial charge in [-0.2, -0.15) is 0 Å². The van der Waals surface area contributed by atoms with E-state index in [-0.39, 0.29) is 5.78 Å². The first kappa shape index (κ1) is 9.85. The lowest BCUT2D eigenvalue weighted by molar-refractivity contribution is 0.0893. The molecule has 0 unspecified atom stereocenters. The summed E-state index contributed by atoms with van der Waals surface area (Å²) in [6.07, 6.45) is 2.50. The highest BCUT2D eigenvalue weighted by Gasteiger charge is 2.34. The van der Waals surface area contributed by atoms with Crippen molar-refractivity contribution >= 4 is 5.78 Å². The molecule has 16 heavy (non-hydrogen) atoms. The van der Waals surface area contributed by atoms with Crippen molar-refractivity contribution in [3.05, 3.63) is 29.3 Å². The zero-order valence-electron chi connectivity index (χ0n) is 9.40. The minimum atomic E-state index is 0.229. The predicted molar refractivity (Wildman–Crippen MR) is 60.8 cm³/mol. The van der Waals surface area contributed by atoms with Crippen molar-refractivity contribution in [3.63, 3.8) is 0 Å². The quantitative estimate of drug-likeness (QED) is 0.757. The molecule has 0 radical (unpaired) electrons. The number of carbonyl (C=O) groups excluding carboxylic acids is 1. The summed E-state index contributed by atoms with van der Waals surface area (Å²) in [5.74, 6) is 0.999. The van der Waals surface area contributed by atoms with Crippen LogP contribution < -0.4 is 4.74 Å². The number of ether oxygens (including phenoxy) is 1. The van der Waals surface area contributed by atoms with E-state index in [9.17, 15) is 4.79 Å². The van der Waals surface area contributed by atoms with Crippen LogP contribution in [-0.4, -0.2) is 30.4 Å². The normalized spacial score (nSPS) is 20.7. The highest BCUT2D eigenvalue weighted by atomic mass is 16.5. The van der Waals surface area contributed by atoms with E-state index >= 15 is 0 Å². The molecule has 0 aromatic heterocycles. The third-order valence-electron chi connectivity index (χ3n) is 3.40. The van der Waals surface area contributed by atoms with Gasteiger partial charge in [-0.3, -0.25) is 9.69 Å². The highest BCUT2D eigenvalue weighted by Crippen LogP contribution is 2.32. The third kappa shape index (κ3) is 1.61. The zero-order valence-corrected chi connectivity index (χ0v) is 9.40. The van der Waals surface area contributed by atoms with E-state index in [1.807, 2.05) is 18.2 Å². The van der Waals surface area contributed by atoms with Crippen molar-refractivity contribution < 1.29 is 9.53 Å². The minimum absolute atomic E-state index is 0.229. The van der Waals surface area contributed by atoms with Crippen molar-refractivity contribution in [1.82, 2.24) is 4.90 Å². The van der Waals surface area contributed by atoms with Crippen molar-refractivity contribution in [1.29, 1.82) is 0 Å². The Balaban J connectivity index is 1.93. The Labute approximate surface area is 95.0 Å². The molecule has 3 heteroatoms. The van der Waals surface area contributed by atoms with Gasteiger partial charge in [0.25, 0.3) is 0 Å². The number of methoxy groups -OCH3 is 1. The van der Waals surface area contributed by atoms with Gasteiger partial charge in [0.05, 0.1) is 13.7 Å². The SMILES string of the molecule is COc1ccc2c(c1)C(=O)CN(C1CC1)C2. The monoisotopic (exact) mass is 217 g/mol. The molecule has 1 aliphatic heterocycles. The molecule has 3 rings (SSSR count).